The maximum absolute atomic E-state index is 13.3. The minimum atomic E-state index is -0.983. The van der Waals surface area contributed by atoms with Gasteiger partial charge in [0.25, 0.3) is 0 Å². The summed E-state index contributed by atoms with van der Waals surface area (Å²) in [4.78, 5) is 20.2. The highest BCUT2D eigenvalue weighted by Crippen LogP contribution is 2.23. The molecule has 0 saturated carbocycles. The van der Waals surface area contributed by atoms with E-state index in [2.05, 4.69) is 15.3 Å². The molecule has 2 N–H and O–H groups in total. The lowest BCUT2D eigenvalue weighted by atomic mass is 10.1. The van der Waals surface area contributed by atoms with Crippen molar-refractivity contribution in [3.63, 3.8) is 0 Å². The van der Waals surface area contributed by atoms with Crippen molar-refractivity contribution in [1.82, 2.24) is 9.97 Å². The number of carboxylic acids is 1. The highest BCUT2D eigenvalue weighted by Gasteiger charge is 2.18. The second-order valence-electron chi connectivity index (χ2n) is 7.60. The van der Waals surface area contributed by atoms with Crippen molar-refractivity contribution in [2.24, 2.45) is 0 Å². The first-order valence-corrected chi connectivity index (χ1v) is 10.5. The van der Waals surface area contributed by atoms with Crippen molar-refractivity contribution in [2.45, 2.75) is 19.1 Å². The van der Waals surface area contributed by atoms with Crippen LogP contribution < -0.4 is 10.1 Å². The van der Waals surface area contributed by atoms with Gasteiger partial charge < -0.3 is 15.2 Å². The number of nitrogens with zero attached hydrogens (tertiary/aromatic N) is 2. The van der Waals surface area contributed by atoms with E-state index in [4.69, 9.17) is 4.74 Å². The number of benzene rings is 3. The Morgan fingerprint density at radius 2 is 1.62 bits per heavy atom. The van der Waals surface area contributed by atoms with Crippen molar-refractivity contribution < 1.29 is 23.4 Å². The Balaban J connectivity index is 1.43. The predicted molar refractivity (Wildman–Crippen MR) is 123 cm³/mol. The minimum Gasteiger partial charge on any atom is -0.489 e. The maximum Gasteiger partial charge on any atom is 0.326 e. The van der Waals surface area contributed by atoms with Crippen LogP contribution in [0.3, 0.4) is 0 Å². The molecule has 8 heteroatoms. The van der Waals surface area contributed by atoms with Crippen LogP contribution in [-0.2, 0) is 17.8 Å². The predicted octanol–water partition coefficient (Wildman–Crippen LogP) is 5.11. The van der Waals surface area contributed by atoms with Crippen molar-refractivity contribution >= 4 is 11.8 Å². The highest BCUT2D eigenvalue weighted by atomic mass is 19.1. The van der Waals surface area contributed by atoms with Gasteiger partial charge in [-0.25, -0.2) is 23.5 Å². The third-order valence-corrected chi connectivity index (χ3v) is 5.05. The molecule has 0 spiro atoms. The van der Waals surface area contributed by atoms with Gasteiger partial charge >= 0.3 is 5.97 Å². The van der Waals surface area contributed by atoms with E-state index < -0.39 is 23.6 Å². The molecule has 34 heavy (non-hydrogen) atoms. The smallest absolute Gasteiger partial charge is 0.326 e. The maximum atomic E-state index is 13.3. The lowest BCUT2D eigenvalue weighted by Crippen LogP contribution is -2.31. The fourth-order valence-electron chi connectivity index (χ4n) is 3.41. The summed E-state index contributed by atoms with van der Waals surface area (Å²) in [6.45, 7) is 0.0214. The number of carboxylic acid groups (broad SMARTS) is 1. The molecule has 0 radical (unpaired) electrons. The molecule has 1 unspecified atom stereocenters. The first-order valence-electron chi connectivity index (χ1n) is 10.5. The number of carbonyl (C=O) groups is 1. The van der Waals surface area contributed by atoms with Crippen LogP contribution in [0.15, 0.2) is 85.2 Å². The standard InChI is InChI=1S/C26H21F2N3O3/c27-20-10-18(11-21(28)13-20)15-34-22-8-6-19(7-9-22)23-14-25(30-16-29-23)31-24(26(32)33)12-17-4-2-1-3-5-17/h1-11,13-14,16,24H,12,15H2,(H,32,33)(H,29,30,31). The number of hydrogen-bond acceptors (Lipinski definition) is 5. The van der Waals surface area contributed by atoms with Gasteiger partial charge in [0.2, 0.25) is 0 Å². The zero-order chi connectivity index (χ0) is 23.9. The molecule has 6 nitrogen and oxygen atoms in total. The van der Waals surface area contributed by atoms with Gasteiger partial charge in [-0.05, 0) is 47.5 Å². The van der Waals surface area contributed by atoms with Gasteiger partial charge in [0.15, 0.2) is 0 Å². The molecule has 4 aromatic rings. The number of aromatic nitrogens is 2. The van der Waals surface area contributed by atoms with Gasteiger partial charge in [-0.15, -0.1) is 0 Å². The van der Waals surface area contributed by atoms with E-state index in [9.17, 15) is 18.7 Å². The van der Waals surface area contributed by atoms with Crippen molar-refractivity contribution in [1.29, 1.82) is 0 Å². The summed E-state index contributed by atoms with van der Waals surface area (Å²) in [6.07, 6.45) is 1.67. The van der Waals surface area contributed by atoms with Gasteiger partial charge in [-0.1, -0.05) is 30.3 Å². The molecule has 3 aromatic carbocycles. The second-order valence-corrected chi connectivity index (χ2v) is 7.60. The molecule has 0 amide bonds. The second kappa shape index (κ2) is 10.5. The number of halogens is 2. The number of hydrogen-bond donors (Lipinski definition) is 2. The first kappa shape index (κ1) is 22.8. The zero-order valence-corrected chi connectivity index (χ0v) is 18.0. The normalized spacial score (nSPS) is 11.6. The summed E-state index contributed by atoms with van der Waals surface area (Å²) >= 11 is 0. The number of ether oxygens (including phenoxy) is 1. The van der Waals surface area contributed by atoms with E-state index in [1.54, 1.807) is 30.3 Å². The van der Waals surface area contributed by atoms with E-state index in [0.717, 1.165) is 17.2 Å². The lowest BCUT2D eigenvalue weighted by molar-refractivity contribution is -0.137. The minimum absolute atomic E-state index is 0.0214. The summed E-state index contributed by atoms with van der Waals surface area (Å²) in [5.74, 6) is -1.38. The van der Waals surface area contributed by atoms with Crippen LogP contribution in [0.25, 0.3) is 11.3 Å². The van der Waals surface area contributed by atoms with E-state index >= 15 is 0 Å². The third kappa shape index (κ3) is 6.13. The molecule has 0 saturated heterocycles. The van der Waals surface area contributed by atoms with Crippen LogP contribution >= 0.6 is 0 Å². The summed E-state index contributed by atoms with van der Waals surface area (Å²) in [5.41, 5.74) is 2.65. The molecule has 0 aliphatic heterocycles. The number of anilines is 1. The molecular formula is C26H21F2N3O3. The van der Waals surface area contributed by atoms with Gasteiger partial charge in [-0.3, -0.25) is 0 Å². The van der Waals surface area contributed by atoms with Crippen LogP contribution in [0.4, 0.5) is 14.6 Å². The Hall–Kier alpha value is -4.33. The average Bonchev–Trinajstić information content (AvgIpc) is 2.83. The van der Waals surface area contributed by atoms with Crippen molar-refractivity contribution in [3.8, 4) is 17.0 Å². The molecule has 0 aliphatic carbocycles. The fourth-order valence-corrected chi connectivity index (χ4v) is 3.41. The van der Waals surface area contributed by atoms with E-state index in [-0.39, 0.29) is 6.61 Å². The fraction of sp³-hybridized carbons (Fsp3) is 0.115. The van der Waals surface area contributed by atoms with Gasteiger partial charge in [-0.2, -0.15) is 0 Å². The highest BCUT2D eigenvalue weighted by molar-refractivity contribution is 5.77. The molecule has 1 atom stereocenters. The van der Waals surface area contributed by atoms with E-state index in [1.165, 1.54) is 18.5 Å². The largest absolute Gasteiger partial charge is 0.489 e. The Bertz CT molecular complexity index is 1250. The Morgan fingerprint density at radius 3 is 2.29 bits per heavy atom. The van der Waals surface area contributed by atoms with Crippen molar-refractivity contribution in [3.05, 3.63) is 108 Å². The van der Waals surface area contributed by atoms with Gasteiger partial charge in [0.05, 0.1) is 5.69 Å². The summed E-state index contributed by atoms with van der Waals surface area (Å²) in [6, 6.07) is 20.4. The molecule has 172 valence electrons. The Morgan fingerprint density at radius 1 is 0.912 bits per heavy atom. The summed E-state index contributed by atoms with van der Waals surface area (Å²) < 4.78 is 32.2. The molecule has 1 heterocycles. The summed E-state index contributed by atoms with van der Waals surface area (Å²) in [7, 11) is 0. The Kier molecular flexibility index (Phi) is 7.07. The van der Waals surface area contributed by atoms with E-state index in [1.807, 2.05) is 30.3 Å². The topological polar surface area (TPSA) is 84.3 Å². The average molecular weight is 461 g/mol. The quantitative estimate of drug-likeness (QED) is 0.360. The SMILES string of the molecule is O=C(O)C(Cc1ccccc1)Nc1cc(-c2ccc(OCc3cc(F)cc(F)c3)cc2)ncn1. The lowest BCUT2D eigenvalue weighted by Gasteiger charge is -2.15. The molecule has 0 fully saturated rings. The third-order valence-electron chi connectivity index (χ3n) is 5.05. The number of aliphatic carboxylic acids is 1. The monoisotopic (exact) mass is 461 g/mol. The van der Waals surface area contributed by atoms with Crippen LogP contribution in [0, 0.1) is 11.6 Å². The molecule has 0 bridgehead atoms. The molecule has 0 aliphatic rings. The zero-order valence-electron chi connectivity index (χ0n) is 18.0. The van der Waals surface area contributed by atoms with Gasteiger partial charge in [0.1, 0.15) is 42.2 Å². The summed E-state index contributed by atoms with van der Waals surface area (Å²) in [5, 5.41) is 12.6. The first-order chi connectivity index (χ1) is 16.5. The molecule has 4 rings (SSSR count). The van der Waals surface area contributed by atoms with Crippen LogP contribution in [0.1, 0.15) is 11.1 Å². The Labute approximate surface area is 194 Å². The molecular weight excluding hydrogens is 440 g/mol. The van der Waals surface area contributed by atoms with E-state index in [0.29, 0.717) is 29.2 Å². The number of nitrogens with one attached hydrogen (secondary N) is 1. The van der Waals surface area contributed by atoms with Crippen LogP contribution in [0.5, 0.6) is 5.75 Å². The van der Waals surface area contributed by atoms with Crippen molar-refractivity contribution in [2.75, 3.05) is 5.32 Å². The van der Waals surface area contributed by atoms with Gasteiger partial charge in [0, 0.05) is 24.1 Å². The molecule has 1 aromatic heterocycles. The van der Waals surface area contributed by atoms with Crippen LogP contribution in [-0.4, -0.2) is 27.1 Å². The number of rotatable bonds is 9. The van der Waals surface area contributed by atoms with Crippen LogP contribution in [0.2, 0.25) is 0 Å².